The molecule has 0 aromatic heterocycles. The molecule has 0 N–H and O–H groups in total. The highest BCUT2D eigenvalue weighted by atomic mass is 32.2. The zero-order valence-corrected chi connectivity index (χ0v) is 22.9. The molecule has 0 radical (unpaired) electrons. The first-order chi connectivity index (χ1) is 17.4. The monoisotopic (exact) mass is 544 g/mol. The van der Waals surface area contributed by atoms with Crippen LogP contribution in [-0.4, -0.2) is 39.8 Å². The molecular weight excluding hydrogens is 514 g/mol. The first kappa shape index (κ1) is 26.8. The molecule has 0 aliphatic carbocycles. The fourth-order valence-corrected chi connectivity index (χ4v) is 6.65. The van der Waals surface area contributed by atoms with Crippen molar-refractivity contribution in [3.8, 4) is 5.75 Å². The zero-order valence-electron chi connectivity index (χ0n) is 21.1. The summed E-state index contributed by atoms with van der Waals surface area (Å²) in [4.78, 5) is 12.8. The summed E-state index contributed by atoms with van der Waals surface area (Å²) < 4.78 is 62.8. The van der Waals surface area contributed by atoms with Crippen LogP contribution in [0.25, 0.3) is 0 Å². The van der Waals surface area contributed by atoms with Crippen LogP contribution in [0.5, 0.6) is 5.75 Å². The van der Waals surface area contributed by atoms with E-state index in [2.05, 4.69) is 19.6 Å². The summed E-state index contributed by atoms with van der Waals surface area (Å²) in [7, 11) is -5.68. The number of hydrogen-bond donors (Lipinski definition) is 0. The van der Waals surface area contributed by atoms with Crippen molar-refractivity contribution in [3.05, 3.63) is 95.1 Å². The molecule has 3 aromatic carbocycles. The van der Waals surface area contributed by atoms with Crippen LogP contribution in [0.1, 0.15) is 16.7 Å². The van der Waals surface area contributed by atoms with Crippen molar-refractivity contribution in [2.75, 3.05) is 17.4 Å². The van der Waals surface area contributed by atoms with Gasteiger partial charge in [-0.1, -0.05) is 56.0 Å². The Morgan fingerprint density at radius 1 is 0.946 bits per heavy atom. The van der Waals surface area contributed by atoms with E-state index in [9.17, 15) is 22.0 Å². The fourth-order valence-electron chi connectivity index (χ4n) is 4.04. The summed E-state index contributed by atoms with van der Waals surface area (Å²) in [5.74, 6) is -1.34. The van der Waals surface area contributed by atoms with Crippen molar-refractivity contribution in [2.45, 2.75) is 38.7 Å². The first-order valence-electron chi connectivity index (χ1n) is 12.0. The molecular formula is C27H30F2N2O4SSi. The van der Waals surface area contributed by atoms with Gasteiger partial charge in [-0.25, -0.2) is 17.4 Å². The Balaban J connectivity index is 1.67. The van der Waals surface area contributed by atoms with Gasteiger partial charge in [-0.15, -0.1) is 0 Å². The average molecular weight is 545 g/mol. The van der Waals surface area contributed by atoms with Crippen LogP contribution in [0.3, 0.4) is 0 Å². The summed E-state index contributed by atoms with van der Waals surface area (Å²) in [5, 5.41) is 0. The summed E-state index contributed by atoms with van der Waals surface area (Å²) in [6.07, 6.45) is 0.0829. The third-order valence-corrected chi connectivity index (χ3v) is 9.66. The van der Waals surface area contributed by atoms with Crippen molar-refractivity contribution in [1.82, 2.24) is 4.31 Å². The van der Waals surface area contributed by atoms with Gasteiger partial charge in [0, 0.05) is 21.0 Å². The Hall–Kier alpha value is -3.24. The van der Waals surface area contributed by atoms with E-state index in [0.717, 1.165) is 32.4 Å². The second-order valence-corrected chi connectivity index (χ2v) is 17.7. The number of amides is 1. The van der Waals surface area contributed by atoms with E-state index in [1.165, 1.54) is 0 Å². The van der Waals surface area contributed by atoms with E-state index in [-0.39, 0.29) is 43.1 Å². The Bertz CT molecular complexity index is 1400. The lowest BCUT2D eigenvalue weighted by Crippen LogP contribution is -2.37. The van der Waals surface area contributed by atoms with E-state index < -0.39 is 35.8 Å². The molecule has 10 heteroatoms. The Kier molecular flexibility index (Phi) is 7.70. The highest BCUT2D eigenvalue weighted by Crippen LogP contribution is 2.36. The van der Waals surface area contributed by atoms with Crippen LogP contribution >= 0.6 is 0 Å². The van der Waals surface area contributed by atoms with Gasteiger partial charge in [-0.2, -0.15) is 8.42 Å². The number of halogens is 2. The van der Waals surface area contributed by atoms with Crippen molar-refractivity contribution in [2.24, 2.45) is 0 Å². The van der Waals surface area contributed by atoms with Crippen LogP contribution in [-0.2, 0) is 28.0 Å². The molecule has 0 saturated carbocycles. The van der Waals surface area contributed by atoms with Crippen molar-refractivity contribution >= 4 is 29.9 Å². The highest BCUT2D eigenvalue weighted by Gasteiger charge is 2.43. The van der Waals surface area contributed by atoms with Crippen LogP contribution in [0.4, 0.5) is 14.5 Å². The van der Waals surface area contributed by atoms with Gasteiger partial charge >= 0.3 is 10.2 Å². The van der Waals surface area contributed by atoms with Crippen molar-refractivity contribution in [3.63, 3.8) is 0 Å². The van der Waals surface area contributed by atoms with E-state index >= 15 is 0 Å². The first-order valence-corrected chi connectivity index (χ1v) is 17.1. The number of benzene rings is 3. The Morgan fingerprint density at radius 3 is 2.38 bits per heavy atom. The van der Waals surface area contributed by atoms with Crippen molar-refractivity contribution < 1.29 is 26.7 Å². The number of carbonyl (C=O) groups excluding carboxylic acids is 1. The normalized spacial score (nSPS) is 15.3. The summed E-state index contributed by atoms with van der Waals surface area (Å²) in [6.45, 7) is 6.33. The standard InChI is InChI=1S/C27H30F2N2O4SSi/c1-37(2,3)14-13-30-27(32)18-31(36(30,33)34)25-12-9-21(15-22-17-23(28)10-11-24(22)29)16-26(25)35-19-20-7-5-4-6-8-20/h4-12,16-17H,13-15,18-19H2,1-3H3. The van der Waals surface area contributed by atoms with Crippen LogP contribution in [0.2, 0.25) is 25.7 Å². The summed E-state index contributed by atoms with van der Waals surface area (Å²) in [6, 6.07) is 18.1. The topological polar surface area (TPSA) is 66.9 Å². The average Bonchev–Trinajstić information content (AvgIpc) is 3.06. The highest BCUT2D eigenvalue weighted by molar-refractivity contribution is 7.91. The molecule has 0 bridgehead atoms. The minimum Gasteiger partial charge on any atom is -0.487 e. The van der Waals surface area contributed by atoms with Gasteiger partial charge in [0.05, 0.1) is 5.69 Å². The lowest BCUT2D eigenvalue weighted by molar-refractivity contribution is -0.123. The molecule has 1 aliphatic heterocycles. The minimum atomic E-state index is -4.09. The van der Waals surface area contributed by atoms with Crippen LogP contribution in [0, 0.1) is 11.6 Å². The molecule has 1 amide bonds. The van der Waals surface area contributed by atoms with Crippen molar-refractivity contribution in [1.29, 1.82) is 0 Å². The third kappa shape index (κ3) is 6.37. The van der Waals surface area contributed by atoms with E-state index in [4.69, 9.17) is 4.74 Å². The Morgan fingerprint density at radius 2 is 1.68 bits per heavy atom. The molecule has 3 aromatic rings. The molecule has 0 atom stereocenters. The number of ether oxygens (including phenoxy) is 1. The SMILES string of the molecule is C[Si](C)(C)CCN1C(=O)CN(c2ccc(Cc3cc(F)ccc3F)cc2OCc2ccccc2)S1(=O)=O. The van der Waals surface area contributed by atoms with Gasteiger partial charge in [-0.3, -0.25) is 4.79 Å². The summed E-state index contributed by atoms with van der Waals surface area (Å²) in [5.41, 5.74) is 1.87. The molecule has 1 aliphatic rings. The number of nitrogens with zero attached hydrogens (tertiary/aromatic N) is 2. The predicted molar refractivity (Wildman–Crippen MR) is 143 cm³/mol. The number of carbonyl (C=O) groups is 1. The maximum atomic E-state index is 14.3. The van der Waals surface area contributed by atoms with Crippen LogP contribution in [0.15, 0.2) is 66.7 Å². The molecule has 6 nitrogen and oxygen atoms in total. The molecule has 1 saturated heterocycles. The number of anilines is 1. The summed E-state index contributed by atoms with van der Waals surface area (Å²) >= 11 is 0. The van der Waals surface area contributed by atoms with Gasteiger partial charge in [0.2, 0.25) is 0 Å². The van der Waals surface area contributed by atoms with Gasteiger partial charge in [0.25, 0.3) is 5.91 Å². The number of rotatable bonds is 9. The van der Waals surface area contributed by atoms with E-state index in [0.29, 0.717) is 11.6 Å². The lowest BCUT2D eigenvalue weighted by Gasteiger charge is -2.24. The van der Waals surface area contributed by atoms with Gasteiger partial charge < -0.3 is 4.74 Å². The molecule has 1 fully saturated rings. The van der Waals surface area contributed by atoms with Gasteiger partial charge in [0.15, 0.2) is 0 Å². The maximum Gasteiger partial charge on any atom is 0.329 e. The second-order valence-electron chi connectivity index (χ2n) is 10.3. The molecule has 0 spiro atoms. The molecule has 37 heavy (non-hydrogen) atoms. The lowest BCUT2D eigenvalue weighted by atomic mass is 10.0. The van der Waals surface area contributed by atoms with E-state index in [1.54, 1.807) is 18.2 Å². The molecule has 196 valence electrons. The minimum absolute atomic E-state index is 0.0829. The molecule has 4 rings (SSSR count). The number of hydrogen-bond acceptors (Lipinski definition) is 4. The van der Waals surface area contributed by atoms with Gasteiger partial charge in [0.1, 0.15) is 30.5 Å². The van der Waals surface area contributed by atoms with Crippen LogP contribution < -0.4 is 9.04 Å². The fraction of sp³-hybridized carbons (Fsp3) is 0.296. The zero-order chi connectivity index (χ0) is 26.8. The quantitative estimate of drug-likeness (QED) is 0.340. The van der Waals surface area contributed by atoms with E-state index in [1.807, 2.05) is 30.3 Å². The third-order valence-electron chi connectivity index (χ3n) is 6.11. The maximum absolute atomic E-state index is 14.3. The second kappa shape index (κ2) is 10.6. The van der Waals surface area contributed by atoms with Gasteiger partial charge in [-0.05, 0) is 53.1 Å². The Labute approximate surface area is 217 Å². The largest absolute Gasteiger partial charge is 0.487 e. The smallest absolute Gasteiger partial charge is 0.329 e. The molecule has 1 heterocycles. The molecule has 0 unspecified atom stereocenters. The predicted octanol–water partition coefficient (Wildman–Crippen LogP) is 5.37.